The average Bonchev–Trinajstić information content (AvgIpc) is 1.59. The largest absolute Gasteiger partial charge is 0.310 e. The molecule has 0 saturated heterocycles. The normalized spacial score (nSPS) is 14.4. The van der Waals surface area contributed by atoms with E-state index >= 15 is 0 Å². The number of amidine groups is 1. The Labute approximate surface area is 653 Å². The van der Waals surface area contributed by atoms with Crippen molar-refractivity contribution >= 4 is 143 Å². The molecule has 0 bridgehead atoms. The Hall–Kier alpha value is -14.3. The topological polar surface area (TPSA) is 54.3 Å². The number of aromatic nitrogens is 6. The zero-order chi connectivity index (χ0) is 75.2. The highest BCUT2D eigenvalue weighted by molar-refractivity contribution is 6.18. The highest BCUT2D eigenvalue weighted by Gasteiger charge is 2.34. The fourth-order valence-electron chi connectivity index (χ4n) is 18.8. The standard InChI is InChI=1S/C105H76N8/c1-5-67(2)102(107-104(106-68(3)69-31-8-6-9-32-69)70-33-30-36-74(61-70)109-88-46-21-12-37-76(88)77-38-13-22-47-89(77)109)71-62-100(111-92-50-25-15-39-78(92)79-40-16-26-51-93(79)111)103(101(63-71)112-94-52-27-17-41-80(94)81-42-18-28-53-95(81)112)113-96-54-29-19-44-83(96)86-65-75(56-58-97(86)113)110-90-48-23-14-43-82(90)85-57-55-72(64-99(85)110)105(4)60-59-98-87(66-105)84-45-20-24-49-91(84)108(98)73-34-10-7-11-35-73/h6-65H,5,66H2,1-4H3/b102-67+,106-68+,107-104-. The van der Waals surface area contributed by atoms with Crippen LogP contribution in [0.2, 0.25) is 0 Å². The number of benzene rings is 15. The number of aliphatic imine (C=N–C) groups is 2. The van der Waals surface area contributed by atoms with Crippen LogP contribution in [0.25, 0.3) is 166 Å². The minimum atomic E-state index is -0.305. The van der Waals surface area contributed by atoms with Crippen molar-refractivity contribution in [3.63, 3.8) is 0 Å². The molecule has 0 fully saturated rings. The molecule has 8 nitrogen and oxygen atoms in total. The second-order valence-electron chi connectivity index (χ2n) is 30.6. The number of hydrogen-bond acceptors (Lipinski definition) is 1. The molecule has 536 valence electrons. The van der Waals surface area contributed by atoms with Crippen LogP contribution in [0.5, 0.6) is 0 Å². The Morgan fingerprint density at radius 3 is 1.22 bits per heavy atom. The van der Waals surface area contributed by atoms with E-state index in [2.05, 4.69) is 419 Å². The van der Waals surface area contributed by atoms with Gasteiger partial charge in [0.15, 0.2) is 5.84 Å². The Balaban J connectivity index is 0.803. The molecule has 22 rings (SSSR count). The van der Waals surface area contributed by atoms with E-state index in [1.165, 1.54) is 82.0 Å². The summed E-state index contributed by atoms with van der Waals surface area (Å²) < 4.78 is 15.0. The summed E-state index contributed by atoms with van der Waals surface area (Å²) in [7, 11) is 0. The van der Waals surface area contributed by atoms with Crippen molar-refractivity contribution in [2.75, 3.05) is 0 Å². The van der Waals surface area contributed by atoms with Gasteiger partial charge in [-0.05, 0) is 170 Å². The monoisotopic (exact) mass is 1450 g/mol. The number of allylic oxidation sites excluding steroid dienone is 2. The molecule has 21 aromatic rings. The van der Waals surface area contributed by atoms with E-state index in [-0.39, 0.29) is 5.41 Å². The van der Waals surface area contributed by atoms with E-state index in [0.29, 0.717) is 5.84 Å². The van der Waals surface area contributed by atoms with Crippen molar-refractivity contribution in [2.24, 2.45) is 9.98 Å². The van der Waals surface area contributed by atoms with Crippen LogP contribution < -0.4 is 0 Å². The number of para-hydroxylation sites is 10. The maximum atomic E-state index is 6.10. The number of fused-ring (bicyclic) bond motifs is 18. The van der Waals surface area contributed by atoms with E-state index in [9.17, 15) is 0 Å². The van der Waals surface area contributed by atoms with Gasteiger partial charge in [-0.1, -0.05) is 257 Å². The van der Waals surface area contributed by atoms with Gasteiger partial charge < -0.3 is 27.4 Å². The summed E-state index contributed by atoms with van der Waals surface area (Å²) >= 11 is 0. The maximum absolute atomic E-state index is 6.10. The third-order valence-electron chi connectivity index (χ3n) is 24.2. The summed E-state index contributed by atoms with van der Waals surface area (Å²) in [6.45, 7) is 9.04. The van der Waals surface area contributed by atoms with Crippen molar-refractivity contribution < 1.29 is 0 Å². The molecule has 0 aliphatic heterocycles. The molecule has 1 aliphatic carbocycles. The molecule has 15 aromatic carbocycles. The second kappa shape index (κ2) is 25.9. The first kappa shape index (κ1) is 65.7. The lowest BCUT2D eigenvalue weighted by Crippen LogP contribution is -2.25. The Morgan fingerprint density at radius 2 is 0.708 bits per heavy atom. The summed E-state index contributed by atoms with van der Waals surface area (Å²) in [5.74, 6) is 0.609. The molecular formula is C105H76N8. The molecule has 0 radical (unpaired) electrons. The van der Waals surface area contributed by atoms with Gasteiger partial charge in [0, 0.05) is 104 Å². The molecule has 1 atom stereocenters. The van der Waals surface area contributed by atoms with Gasteiger partial charge in [0.05, 0.1) is 83.4 Å². The summed E-state index contributed by atoms with van der Waals surface area (Å²) in [5, 5.41) is 13.1. The van der Waals surface area contributed by atoms with Gasteiger partial charge in [-0.15, -0.1) is 0 Å². The van der Waals surface area contributed by atoms with Crippen LogP contribution in [0.4, 0.5) is 0 Å². The SMILES string of the molecule is CC/C(C)=C(/N=C(\N=C(/C)c1ccccc1)c1cccc(-n2c3ccccc3c3ccccc32)c1)c1cc(-n2c3ccccc3c3ccccc32)c(-n2c3ccccc3c3cc(-n4c5ccccc5c5ccc(C6(C)C=Cc7c(c8ccccc8n7-c7ccccc7)C6)cc54)ccc32)c(-n2c3ccccc3c3ccccc32)c1. The predicted molar refractivity (Wildman–Crippen MR) is 476 cm³/mol. The molecule has 0 spiro atoms. The number of nitrogens with zero attached hydrogens (tertiary/aromatic N) is 8. The Kier molecular flexibility index (Phi) is 15.1. The number of hydrogen-bond donors (Lipinski definition) is 0. The van der Waals surface area contributed by atoms with Gasteiger partial charge in [0.25, 0.3) is 0 Å². The minimum absolute atomic E-state index is 0.305. The van der Waals surface area contributed by atoms with Crippen LogP contribution in [0, 0.1) is 0 Å². The molecule has 1 unspecified atom stereocenters. The third-order valence-corrected chi connectivity index (χ3v) is 24.2. The third kappa shape index (κ3) is 10.2. The van der Waals surface area contributed by atoms with Crippen LogP contribution in [0.1, 0.15) is 67.6 Å². The lowest BCUT2D eigenvalue weighted by Gasteiger charge is -2.31. The lowest BCUT2D eigenvalue weighted by atomic mass is 9.73. The van der Waals surface area contributed by atoms with E-state index < -0.39 is 0 Å². The van der Waals surface area contributed by atoms with Crippen molar-refractivity contribution in [1.29, 1.82) is 0 Å². The van der Waals surface area contributed by atoms with Crippen LogP contribution in [-0.2, 0) is 11.8 Å². The predicted octanol–water partition coefficient (Wildman–Crippen LogP) is 26.7. The Morgan fingerprint density at radius 1 is 0.310 bits per heavy atom. The van der Waals surface area contributed by atoms with E-state index in [4.69, 9.17) is 9.98 Å². The van der Waals surface area contributed by atoms with Gasteiger partial charge >= 0.3 is 0 Å². The summed E-state index contributed by atoms with van der Waals surface area (Å²) in [5.41, 5.74) is 28.0. The van der Waals surface area contributed by atoms with Crippen LogP contribution >= 0.6 is 0 Å². The van der Waals surface area contributed by atoms with Gasteiger partial charge in [-0.2, -0.15) is 0 Å². The molecule has 6 aromatic heterocycles. The Bertz CT molecular complexity index is 7370. The molecular weight excluding hydrogens is 1370 g/mol. The summed E-state index contributed by atoms with van der Waals surface area (Å²) in [6, 6.07) is 130. The quantitative estimate of drug-likeness (QED) is 0.0865. The lowest BCUT2D eigenvalue weighted by molar-refractivity contribution is 0.588. The zero-order valence-corrected chi connectivity index (χ0v) is 63.1. The zero-order valence-electron chi connectivity index (χ0n) is 63.1. The molecule has 6 heterocycles. The smallest absolute Gasteiger partial charge is 0.160 e. The highest BCUT2D eigenvalue weighted by Crippen LogP contribution is 2.48. The number of rotatable bonds is 12. The maximum Gasteiger partial charge on any atom is 0.160 e. The molecule has 0 N–H and O–H groups in total. The van der Waals surface area contributed by atoms with Crippen molar-refractivity contribution in [1.82, 2.24) is 27.4 Å². The molecule has 113 heavy (non-hydrogen) atoms. The van der Waals surface area contributed by atoms with Crippen LogP contribution in [-0.4, -0.2) is 38.9 Å². The van der Waals surface area contributed by atoms with E-state index in [1.807, 2.05) is 0 Å². The van der Waals surface area contributed by atoms with Crippen LogP contribution in [0.3, 0.4) is 0 Å². The van der Waals surface area contributed by atoms with E-state index in [0.717, 1.165) is 135 Å². The van der Waals surface area contributed by atoms with Crippen LogP contribution in [0.15, 0.2) is 373 Å². The highest BCUT2D eigenvalue weighted by atomic mass is 15.1. The van der Waals surface area contributed by atoms with Gasteiger partial charge in [0.1, 0.15) is 0 Å². The first-order chi connectivity index (χ1) is 55.7. The fraction of sp³-hybridized carbons (Fsp3) is 0.0667. The summed E-state index contributed by atoms with van der Waals surface area (Å²) in [6.07, 6.45) is 6.43. The molecule has 0 amide bonds. The minimum Gasteiger partial charge on any atom is -0.310 e. The molecule has 1 aliphatic rings. The fourth-order valence-corrected chi connectivity index (χ4v) is 18.8. The van der Waals surface area contributed by atoms with Gasteiger partial charge in [-0.25, -0.2) is 9.98 Å². The second-order valence-corrected chi connectivity index (χ2v) is 30.6. The van der Waals surface area contributed by atoms with Crippen molar-refractivity contribution in [3.05, 3.63) is 397 Å². The first-order valence-corrected chi connectivity index (χ1v) is 39.3. The van der Waals surface area contributed by atoms with Crippen molar-refractivity contribution in [3.8, 4) is 34.1 Å². The summed E-state index contributed by atoms with van der Waals surface area (Å²) in [4.78, 5) is 11.8. The molecule has 8 heteroatoms. The van der Waals surface area contributed by atoms with Gasteiger partial charge in [0.2, 0.25) is 0 Å². The van der Waals surface area contributed by atoms with E-state index in [1.54, 1.807) is 0 Å². The van der Waals surface area contributed by atoms with Gasteiger partial charge in [-0.3, -0.25) is 0 Å². The molecule has 0 saturated carbocycles. The first-order valence-electron chi connectivity index (χ1n) is 39.3. The average molecular weight is 1450 g/mol. The van der Waals surface area contributed by atoms with Crippen molar-refractivity contribution in [2.45, 2.75) is 46.0 Å².